The lowest BCUT2D eigenvalue weighted by atomic mass is 10.0. The maximum absolute atomic E-state index is 11.6. The van der Waals surface area contributed by atoms with E-state index in [1.165, 1.54) is 11.6 Å². The third-order valence-electron chi connectivity index (χ3n) is 2.90. The third-order valence-corrected chi connectivity index (χ3v) is 2.90. The van der Waals surface area contributed by atoms with E-state index < -0.39 is 0 Å². The van der Waals surface area contributed by atoms with Crippen molar-refractivity contribution in [1.82, 2.24) is 10.6 Å². The summed E-state index contributed by atoms with van der Waals surface area (Å²) in [6.45, 7) is 8.02. The molecular weight excluding hydrogens is 264 g/mol. The Hall–Kier alpha value is -2.10. The standard InChI is InChI=1S/C17H24N2O2/c1-12(2)15-8-5-14(6-9-15)7-10-16(20)18-11-17(21)19-13(3)4/h5-10,12-13H,11H2,1-4H3,(H,18,20)(H,19,21)/b10-7+. The van der Waals surface area contributed by atoms with Crippen LogP contribution < -0.4 is 10.6 Å². The van der Waals surface area contributed by atoms with E-state index >= 15 is 0 Å². The quantitative estimate of drug-likeness (QED) is 0.790. The number of nitrogens with one attached hydrogen (secondary N) is 2. The third kappa shape index (κ3) is 6.75. The Bertz CT molecular complexity index is 502. The number of carbonyl (C=O) groups excluding carboxylic acids is 2. The minimum atomic E-state index is -0.276. The summed E-state index contributed by atoms with van der Waals surface area (Å²) in [5.41, 5.74) is 2.23. The van der Waals surface area contributed by atoms with E-state index in [9.17, 15) is 9.59 Å². The Morgan fingerprint density at radius 2 is 1.71 bits per heavy atom. The molecule has 0 heterocycles. The molecule has 1 rings (SSSR count). The van der Waals surface area contributed by atoms with Gasteiger partial charge in [0.25, 0.3) is 0 Å². The van der Waals surface area contributed by atoms with Crippen molar-refractivity contribution >= 4 is 17.9 Å². The lowest BCUT2D eigenvalue weighted by molar-refractivity contribution is -0.124. The van der Waals surface area contributed by atoms with Crippen molar-refractivity contribution in [1.29, 1.82) is 0 Å². The lowest BCUT2D eigenvalue weighted by Gasteiger charge is -2.08. The van der Waals surface area contributed by atoms with Crippen LogP contribution in [0.25, 0.3) is 6.08 Å². The minimum Gasteiger partial charge on any atom is -0.352 e. The first-order chi connectivity index (χ1) is 9.88. The highest BCUT2D eigenvalue weighted by Crippen LogP contribution is 2.15. The molecular formula is C17H24N2O2. The predicted octanol–water partition coefficient (Wildman–Crippen LogP) is 2.46. The van der Waals surface area contributed by atoms with Gasteiger partial charge in [-0.25, -0.2) is 0 Å². The van der Waals surface area contributed by atoms with Crippen LogP contribution in [0.2, 0.25) is 0 Å². The van der Waals surface area contributed by atoms with E-state index in [0.29, 0.717) is 5.92 Å². The molecule has 4 heteroatoms. The maximum Gasteiger partial charge on any atom is 0.244 e. The molecule has 0 aliphatic rings. The summed E-state index contributed by atoms with van der Waals surface area (Å²) in [5, 5.41) is 5.26. The van der Waals surface area contributed by atoms with Crippen LogP contribution in [0.3, 0.4) is 0 Å². The second-order valence-electron chi connectivity index (χ2n) is 5.59. The number of hydrogen-bond donors (Lipinski definition) is 2. The first-order valence-electron chi connectivity index (χ1n) is 7.23. The number of carbonyl (C=O) groups is 2. The summed E-state index contributed by atoms with van der Waals surface area (Å²) in [6.07, 6.45) is 3.17. The van der Waals surface area contributed by atoms with Gasteiger partial charge in [0.15, 0.2) is 0 Å². The van der Waals surface area contributed by atoms with Gasteiger partial charge in [-0.3, -0.25) is 9.59 Å². The minimum absolute atomic E-state index is 0.00631. The number of amides is 2. The van der Waals surface area contributed by atoms with Gasteiger partial charge < -0.3 is 10.6 Å². The van der Waals surface area contributed by atoms with Crippen LogP contribution in [0.1, 0.15) is 44.7 Å². The van der Waals surface area contributed by atoms with E-state index in [1.54, 1.807) is 6.08 Å². The Balaban J connectivity index is 2.45. The Morgan fingerprint density at radius 1 is 1.10 bits per heavy atom. The van der Waals surface area contributed by atoms with Gasteiger partial charge in [0.1, 0.15) is 0 Å². The van der Waals surface area contributed by atoms with Gasteiger partial charge in [-0.05, 0) is 37.0 Å². The molecule has 0 spiro atoms. The molecule has 114 valence electrons. The number of rotatable bonds is 6. The zero-order chi connectivity index (χ0) is 15.8. The Kier molecular flexibility index (Phi) is 6.66. The zero-order valence-corrected chi connectivity index (χ0v) is 13.1. The molecule has 0 aliphatic heterocycles. The molecule has 1 aromatic rings. The highest BCUT2D eigenvalue weighted by atomic mass is 16.2. The predicted molar refractivity (Wildman–Crippen MR) is 85.9 cm³/mol. The molecule has 21 heavy (non-hydrogen) atoms. The smallest absolute Gasteiger partial charge is 0.244 e. The highest BCUT2D eigenvalue weighted by molar-refractivity contribution is 5.94. The summed E-state index contributed by atoms with van der Waals surface area (Å²) in [7, 11) is 0. The van der Waals surface area contributed by atoms with Gasteiger partial charge >= 0.3 is 0 Å². The number of hydrogen-bond acceptors (Lipinski definition) is 2. The zero-order valence-electron chi connectivity index (χ0n) is 13.1. The van der Waals surface area contributed by atoms with Gasteiger partial charge in [0, 0.05) is 12.1 Å². The molecule has 0 unspecified atom stereocenters. The van der Waals surface area contributed by atoms with E-state index in [4.69, 9.17) is 0 Å². The molecule has 0 saturated heterocycles. The van der Waals surface area contributed by atoms with E-state index in [-0.39, 0.29) is 24.4 Å². The van der Waals surface area contributed by atoms with Crippen molar-refractivity contribution in [3.8, 4) is 0 Å². The van der Waals surface area contributed by atoms with Crippen LogP contribution in [-0.2, 0) is 9.59 Å². The van der Waals surface area contributed by atoms with Crippen molar-refractivity contribution in [2.75, 3.05) is 6.54 Å². The molecule has 1 aromatic carbocycles. The number of benzene rings is 1. The summed E-state index contributed by atoms with van der Waals surface area (Å²) in [5.74, 6) is 0.0284. The Morgan fingerprint density at radius 3 is 2.24 bits per heavy atom. The molecule has 0 fully saturated rings. The van der Waals surface area contributed by atoms with Crippen molar-refractivity contribution in [2.45, 2.75) is 39.7 Å². The fraction of sp³-hybridized carbons (Fsp3) is 0.412. The van der Waals surface area contributed by atoms with Crippen LogP contribution >= 0.6 is 0 Å². The van der Waals surface area contributed by atoms with Gasteiger partial charge in [-0.1, -0.05) is 38.1 Å². The highest BCUT2D eigenvalue weighted by Gasteiger charge is 2.04. The monoisotopic (exact) mass is 288 g/mol. The first kappa shape index (κ1) is 17.0. The van der Waals surface area contributed by atoms with Crippen LogP contribution in [0.5, 0.6) is 0 Å². The fourth-order valence-electron chi connectivity index (χ4n) is 1.76. The molecule has 0 aromatic heterocycles. The molecule has 4 nitrogen and oxygen atoms in total. The summed E-state index contributed by atoms with van der Waals surface area (Å²) in [6, 6.07) is 8.13. The van der Waals surface area contributed by atoms with Crippen LogP contribution in [0.15, 0.2) is 30.3 Å². The topological polar surface area (TPSA) is 58.2 Å². The largest absolute Gasteiger partial charge is 0.352 e. The van der Waals surface area contributed by atoms with E-state index in [1.807, 2.05) is 26.0 Å². The van der Waals surface area contributed by atoms with E-state index in [0.717, 1.165) is 5.56 Å². The van der Waals surface area contributed by atoms with Gasteiger partial charge in [-0.2, -0.15) is 0 Å². The fourth-order valence-corrected chi connectivity index (χ4v) is 1.76. The van der Waals surface area contributed by atoms with Crippen LogP contribution in [0, 0.1) is 0 Å². The molecule has 0 bridgehead atoms. The lowest BCUT2D eigenvalue weighted by Crippen LogP contribution is -2.39. The molecule has 0 atom stereocenters. The second-order valence-corrected chi connectivity index (χ2v) is 5.59. The van der Waals surface area contributed by atoms with Gasteiger partial charge in [0.2, 0.25) is 11.8 Å². The van der Waals surface area contributed by atoms with Crippen molar-refractivity contribution in [3.63, 3.8) is 0 Å². The first-order valence-corrected chi connectivity index (χ1v) is 7.23. The van der Waals surface area contributed by atoms with Crippen molar-refractivity contribution < 1.29 is 9.59 Å². The SMILES string of the molecule is CC(C)NC(=O)CNC(=O)/C=C/c1ccc(C(C)C)cc1. The molecule has 0 aliphatic carbocycles. The maximum atomic E-state index is 11.6. The van der Waals surface area contributed by atoms with Crippen molar-refractivity contribution in [2.24, 2.45) is 0 Å². The van der Waals surface area contributed by atoms with Gasteiger partial charge in [-0.15, -0.1) is 0 Å². The Labute approximate surface area is 126 Å². The second kappa shape index (κ2) is 8.25. The summed E-state index contributed by atoms with van der Waals surface area (Å²) in [4.78, 5) is 23.0. The molecule has 0 saturated carbocycles. The molecule has 2 N–H and O–H groups in total. The van der Waals surface area contributed by atoms with E-state index in [2.05, 4.69) is 36.6 Å². The summed E-state index contributed by atoms with van der Waals surface area (Å²) >= 11 is 0. The summed E-state index contributed by atoms with van der Waals surface area (Å²) < 4.78 is 0. The van der Waals surface area contributed by atoms with Crippen LogP contribution in [0.4, 0.5) is 0 Å². The molecule has 0 radical (unpaired) electrons. The van der Waals surface area contributed by atoms with Gasteiger partial charge in [0.05, 0.1) is 6.54 Å². The average molecular weight is 288 g/mol. The average Bonchev–Trinajstić information content (AvgIpc) is 2.42. The van der Waals surface area contributed by atoms with Crippen molar-refractivity contribution in [3.05, 3.63) is 41.5 Å². The normalized spacial score (nSPS) is 11.1. The van der Waals surface area contributed by atoms with Crippen LogP contribution in [-0.4, -0.2) is 24.4 Å². The molecule has 2 amide bonds.